The Morgan fingerprint density at radius 3 is 2.31 bits per heavy atom. The summed E-state index contributed by atoms with van der Waals surface area (Å²) in [6.07, 6.45) is 4.33. The number of hydrogen-bond donors (Lipinski definition) is 1. The van der Waals surface area contributed by atoms with E-state index in [1.807, 2.05) is 36.4 Å². The molecule has 138 valence electrons. The second-order valence-corrected chi connectivity index (χ2v) is 8.57. The van der Waals surface area contributed by atoms with Crippen molar-refractivity contribution in [2.45, 2.75) is 30.6 Å². The number of sulfonamides is 1. The molecule has 0 unspecified atom stereocenters. The van der Waals surface area contributed by atoms with Gasteiger partial charge in [-0.2, -0.15) is 0 Å². The fourth-order valence-electron chi connectivity index (χ4n) is 3.65. The van der Waals surface area contributed by atoms with Crippen LogP contribution in [-0.2, 0) is 27.6 Å². The summed E-state index contributed by atoms with van der Waals surface area (Å²) in [4.78, 5) is 2.58. The van der Waals surface area contributed by atoms with Gasteiger partial charge in [-0.15, -0.1) is 0 Å². The third-order valence-electron chi connectivity index (χ3n) is 5.13. The summed E-state index contributed by atoms with van der Waals surface area (Å²) in [5.41, 5.74) is 4.12. The van der Waals surface area contributed by atoms with Crippen LogP contribution in [0.4, 0.5) is 11.4 Å². The number of benzene rings is 2. The van der Waals surface area contributed by atoms with Crippen LogP contribution in [0.25, 0.3) is 0 Å². The van der Waals surface area contributed by atoms with E-state index < -0.39 is 10.0 Å². The highest BCUT2D eigenvalue weighted by atomic mass is 32.2. The molecule has 1 N–H and O–H groups in total. The molecule has 6 heteroatoms. The standard InChI is InChI=1S/C20H24N2O3S/c23-26(24,20-10-5-16-3-1-2-4-17(16)15-20)21-18-6-8-19(9-7-18)22-11-13-25-14-12-22/h5-10,15,21H,1-4,11-14H2. The van der Waals surface area contributed by atoms with Crippen LogP contribution in [0.5, 0.6) is 0 Å². The van der Waals surface area contributed by atoms with E-state index in [1.54, 1.807) is 6.07 Å². The molecule has 2 aromatic carbocycles. The molecule has 26 heavy (non-hydrogen) atoms. The van der Waals surface area contributed by atoms with Crippen molar-refractivity contribution in [3.63, 3.8) is 0 Å². The molecule has 5 nitrogen and oxygen atoms in total. The number of aryl methyl sites for hydroxylation is 2. The predicted molar refractivity (Wildman–Crippen MR) is 103 cm³/mol. The van der Waals surface area contributed by atoms with Crippen molar-refractivity contribution < 1.29 is 13.2 Å². The average Bonchev–Trinajstić information content (AvgIpc) is 2.68. The van der Waals surface area contributed by atoms with Crippen molar-refractivity contribution in [1.29, 1.82) is 0 Å². The lowest BCUT2D eigenvalue weighted by molar-refractivity contribution is 0.122. The molecule has 0 amide bonds. The van der Waals surface area contributed by atoms with Crippen LogP contribution in [0, 0.1) is 0 Å². The molecule has 1 heterocycles. The van der Waals surface area contributed by atoms with Crippen molar-refractivity contribution in [3.05, 3.63) is 53.6 Å². The van der Waals surface area contributed by atoms with Crippen LogP contribution in [0.3, 0.4) is 0 Å². The Kier molecular flexibility index (Phi) is 4.87. The summed E-state index contributed by atoms with van der Waals surface area (Å²) < 4.78 is 33.5. The van der Waals surface area contributed by atoms with E-state index in [9.17, 15) is 8.42 Å². The topological polar surface area (TPSA) is 58.6 Å². The SMILES string of the molecule is O=S(=O)(Nc1ccc(N2CCOCC2)cc1)c1ccc2c(c1)CCCC2. The van der Waals surface area contributed by atoms with E-state index >= 15 is 0 Å². The zero-order valence-electron chi connectivity index (χ0n) is 14.8. The predicted octanol–water partition coefficient (Wildman–Crippen LogP) is 3.20. The number of ether oxygens (including phenoxy) is 1. The first-order valence-corrected chi connectivity index (χ1v) is 10.7. The second-order valence-electron chi connectivity index (χ2n) is 6.89. The van der Waals surface area contributed by atoms with E-state index in [0.29, 0.717) is 10.6 Å². The molecule has 0 atom stereocenters. The fraction of sp³-hybridized carbons (Fsp3) is 0.400. The van der Waals surface area contributed by atoms with Gasteiger partial charge in [0.25, 0.3) is 10.0 Å². The molecular formula is C20H24N2O3S. The molecule has 2 aromatic rings. The highest BCUT2D eigenvalue weighted by Crippen LogP contribution is 2.26. The lowest BCUT2D eigenvalue weighted by atomic mass is 9.92. The Morgan fingerprint density at radius 2 is 1.58 bits per heavy atom. The van der Waals surface area contributed by atoms with Crippen LogP contribution in [0.2, 0.25) is 0 Å². The lowest BCUT2D eigenvalue weighted by Crippen LogP contribution is -2.36. The van der Waals surface area contributed by atoms with Gasteiger partial charge >= 0.3 is 0 Å². The summed E-state index contributed by atoms with van der Waals surface area (Å²) in [6.45, 7) is 3.18. The quantitative estimate of drug-likeness (QED) is 0.895. The third kappa shape index (κ3) is 3.71. The fourth-order valence-corrected chi connectivity index (χ4v) is 4.76. The minimum Gasteiger partial charge on any atom is -0.378 e. The smallest absolute Gasteiger partial charge is 0.261 e. The zero-order valence-corrected chi connectivity index (χ0v) is 15.6. The Labute approximate surface area is 155 Å². The monoisotopic (exact) mass is 372 g/mol. The van der Waals surface area contributed by atoms with Gasteiger partial charge in [-0.3, -0.25) is 4.72 Å². The number of fused-ring (bicyclic) bond motifs is 1. The number of anilines is 2. The van der Waals surface area contributed by atoms with Gasteiger partial charge in [-0.1, -0.05) is 6.07 Å². The van der Waals surface area contributed by atoms with Gasteiger partial charge in [0.1, 0.15) is 0 Å². The third-order valence-corrected chi connectivity index (χ3v) is 6.50. The van der Waals surface area contributed by atoms with Crippen LogP contribution < -0.4 is 9.62 Å². The van der Waals surface area contributed by atoms with Gasteiger partial charge in [0.15, 0.2) is 0 Å². The second kappa shape index (κ2) is 7.29. The van der Waals surface area contributed by atoms with E-state index in [-0.39, 0.29) is 0 Å². The molecule has 0 radical (unpaired) electrons. The van der Waals surface area contributed by atoms with E-state index in [0.717, 1.165) is 51.3 Å². The van der Waals surface area contributed by atoms with Crippen LogP contribution in [-0.4, -0.2) is 34.7 Å². The first-order valence-electron chi connectivity index (χ1n) is 9.19. The molecule has 2 aliphatic rings. The Hall–Kier alpha value is -2.05. The molecular weight excluding hydrogens is 348 g/mol. The number of rotatable bonds is 4. The maximum absolute atomic E-state index is 12.7. The first kappa shape index (κ1) is 17.4. The largest absolute Gasteiger partial charge is 0.378 e. The minimum absolute atomic E-state index is 0.343. The summed E-state index contributed by atoms with van der Waals surface area (Å²) in [7, 11) is -3.57. The molecule has 4 rings (SSSR count). The Bertz CT molecular complexity index is 872. The van der Waals surface area contributed by atoms with Crippen molar-refractivity contribution in [2.24, 2.45) is 0 Å². The van der Waals surface area contributed by atoms with Crippen molar-refractivity contribution in [2.75, 3.05) is 35.9 Å². The van der Waals surface area contributed by atoms with Gasteiger partial charge in [0.2, 0.25) is 0 Å². The number of nitrogens with zero attached hydrogens (tertiary/aromatic N) is 1. The molecule has 0 aromatic heterocycles. The normalized spacial score (nSPS) is 17.6. The minimum atomic E-state index is -3.57. The van der Waals surface area contributed by atoms with E-state index in [2.05, 4.69) is 9.62 Å². The molecule has 0 saturated carbocycles. The summed E-state index contributed by atoms with van der Waals surface area (Å²) >= 11 is 0. The van der Waals surface area contributed by atoms with Crippen LogP contribution in [0.15, 0.2) is 47.4 Å². The van der Waals surface area contributed by atoms with E-state index in [4.69, 9.17) is 4.74 Å². The lowest BCUT2D eigenvalue weighted by Gasteiger charge is -2.28. The zero-order chi connectivity index (χ0) is 18.0. The Balaban J connectivity index is 1.50. The maximum atomic E-state index is 12.7. The van der Waals surface area contributed by atoms with Gasteiger partial charge in [-0.05, 0) is 73.2 Å². The van der Waals surface area contributed by atoms with Crippen molar-refractivity contribution >= 4 is 21.4 Å². The molecule has 1 fully saturated rings. The maximum Gasteiger partial charge on any atom is 0.261 e. The number of nitrogens with one attached hydrogen (secondary N) is 1. The number of hydrogen-bond acceptors (Lipinski definition) is 4. The van der Waals surface area contributed by atoms with Gasteiger partial charge in [-0.25, -0.2) is 8.42 Å². The Morgan fingerprint density at radius 1 is 0.885 bits per heavy atom. The van der Waals surface area contributed by atoms with Crippen LogP contribution in [0.1, 0.15) is 24.0 Å². The van der Waals surface area contributed by atoms with Crippen molar-refractivity contribution in [1.82, 2.24) is 0 Å². The summed E-state index contributed by atoms with van der Waals surface area (Å²) in [5, 5.41) is 0. The van der Waals surface area contributed by atoms with Crippen molar-refractivity contribution in [3.8, 4) is 0 Å². The highest BCUT2D eigenvalue weighted by Gasteiger charge is 2.18. The van der Waals surface area contributed by atoms with Gasteiger partial charge < -0.3 is 9.64 Å². The molecule has 0 bridgehead atoms. The summed E-state index contributed by atoms with van der Waals surface area (Å²) in [6, 6.07) is 13.1. The van der Waals surface area contributed by atoms with E-state index in [1.165, 1.54) is 17.5 Å². The molecule has 1 saturated heterocycles. The first-order chi connectivity index (χ1) is 12.6. The van der Waals surface area contributed by atoms with Crippen LogP contribution >= 0.6 is 0 Å². The molecule has 0 spiro atoms. The molecule has 1 aliphatic carbocycles. The van der Waals surface area contributed by atoms with Gasteiger partial charge in [0.05, 0.1) is 18.1 Å². The highest BCUT2D eigenvalue weighted by molar-refractivity contribution is 7.92. The van der Waals surface area contributed by atoms with Gasteiger partial charge in [0, 0.05) is 24.5 Å². The average molecular weight is 372 g/mol. The molecule has 1 aliphatic heterocycles. The summed E-state index contributed by atoms with van der Waals surface area (Å²) in [5.74, 6) is 0. The number of morpholine rings is 1.